The van der Waals surface area contributed by atoms with Gasteiger partial charge in [-0.25, -0.2) is 0 Å². The van der Waals surface area contributed by atoms with Crippen LogP contribution in [0.4, 0.5) is 5.69 Å². The van der Waals surface area contributed by atoms with E-state index >= 15 is 0 Å². The van der Waals surface area contributed by atoms with Crippen molar-refractivity contribution >= 4 is 22.5 Å². The van der Waals surface area contributed by atoms with Gasteiger partial charge in [-0.05, 0) is 49.3 Å². The molecule has 1 aromatic heterocycles. The number of hydrogen-bond acceptors (Lipinski definition) is 2. The second-order valence-electron chi connectivity index (χ2n) is 6.04. The first-order valence-electron chi connectivity index (χ1n) is 7.82. The lowest BCUT2D eigenvalue weighted by molar-refractivity contribution is -0.119. The van der Waals surface area contributed by atoms with Crippen molar-refractivity contribution in [1.29, 1.82) is 0 Å². The molecule has 1 aliphatic carbocycles. The summed E-state index contributed by atoms with van der Waals surface area (Å²) < 4.78 is 2.23. The Morgan fingerprint density at radius 1 is 1.38 bits per heavy atom. The number of amides is 1. The summed E-state index contributed by atoms with van der Waals surface area (Å²) in [7, 11) is 0. The summed E-state index contributed by atoms with van der Waals surface area (Å²) in [6, 6.07) is 8.41. The highest BCUT2D eigenvalue weighted by atomic mass is 16.1. The second kappa shape index (κ2) is 5.90. The van der Waals surface area contributed by atoms with Gasteiger partial charge in [0.1, 0.15) is 0 Å². The van der Waals surface area contributed by atoms with Crippen LogP contribution in [-0.4, -0.2) is 16.5 Å². The van der Waals surface area contributed by atoms with Gasteiger partial charge in [-0.1, -0.05) is 13.0 Å². The lowest BCUT2D eigenvalue weighted by Crippen LogP contribution is -2.23. The van der Waals surface area contributed by atoms with Crippen molar-refractivity contribution in [2.24, 2.45) is 11.7 Å². The lowest BCUT2D eigenvalue weighted by atomic mass is 10.1. The zero-order valence-electron chi connectivity index (χ0n) is 12.5. The van der Waals surface area contributed by atoms with Gasteiger partial charge in [0.05, 0.1) is 5.52 Å². The Kier molecular flexibility index (Phi) is 3.97. The van der Waals surface area contributed by atoms with Gasteiger partial charge >= 0.3 is 0 Å². The van der Waals surface area contributed by atoms with Crippen molar-refractivity contribution < 1.29 is 4.79 Å². The van der Waals surface area contributed by atoms with Crippen molar-refractivity contribution in [2.75, 3.05) is 5.32 Å². The molecule has 0 aliphatic heterocycles. The van der Waals surface area contributed by atoms with E-state index in [2.05, 4.69) is 41.2 Å². The van der Waals surface area contributed by atoms with Crippen molar-refractivity contribution in [2.45, 2.75) is 45.2 Å². The SMILES string of the molecule is CCCn1ccc2ccc(NC(=O)C3CCC(N)C3)cc21. The van der Waals surface area contributed by atoms with Crippen molar-refractivity contribution in [3.8, 4) is 0 Å². The normalized spacial score (nSPS) is 21.8. The van der Waals surface area contributed by atoms with Crippen LogP contribution < -0.4 is 11.1 Å². The van der Waals surface area contributed by atoms with E-state index in [1.165, 1.54) is 10.9 Å². The molecule has 4 heteroatoms. The van der Waals surface area contributed by atoms with Gasteiger partial charge in [-0.2, -0.15) is 0 Å². The van der Waals surface area contributed by atoms with E-state index in [1.807, 2.05) is 6.07 Å². The lowest BCUT2D eigenvalue weighted by Gasteiger charge is -2.11. The first-order valence-corrected chi connectivity index (χ1v) is 7.82. The maximum Gasteiger partial charge on any atom is 0.227 e. The summed E-state index contributed by atoms with van der Waals surface area (Å²) in [5.41, 5.74) is 7.94. The van der Waals surface area contributed by atoms with Gasteiger partial charge < -0.3 is 15.6 Å². The molecule has 4 nitrogen and oxygen atoms in total. The quantitative estimate of drug-likeness (QED) is 0.906. The highest BCUT2D eigenvalue weighted by Gasteiger charge is 2.27. The Labute approximate surface area is 125 Å². The van der Waals surface area contributed by atoms with Crippen molar-refractivity contribution in [3.63, 3.8) is 0 Å². The molecule has 2 unspecified atom stereocenters. The van der Waals surface area contributed by atoms with E-state index in [0.717, 1.165) is 37.9 Å². The third-order valence-electron chi connectivity index (χ3n) is 4.35. The van der Waals surface area contributed by atoms with Crippen molar-refractivity contribution in [3.05, 3.63) is 30.5 Å². The molecular formula is C17H23N3O. The third kappa shape index (κ3) is 2.95. The summed E-state index contributed by atoms with van der Waals surface area (Å²) in [6.07, 6.45) is 5.87. The van der Waals surface area contributed by atoms with Crippen LogP contribution in [0.5, 0.6) is 0 Å². The van der Waals surface area contributed by atoms with E-state index in [9.17, 15) is 4.79 Å². The van der Waals surface area contributed by atoms with Gasteiger partial charge in [0.2, 0.25) is 5.91 Å². The highest BCUT2D eigenvalue weighted by Crippen LogP contribution is 2.26. The Morgan fingerprint density at radius 3 is 2.95 bits per heavy atom. The topological polar surface area (TPSA) is 60.0 Å². The number of aryl methyl sites for hydroxylation is 1. The minimum Gasteiger partial charge on any atom is -0.347 e. The van der Waals surface area contributed by atoms with Gasteiger partial charge in [0, 0.05) is 30.4 Å². The molecule has 1 saturated carbocycles. The molecule has 0 radical (unpaired) electrons. The minimum atomic E-state index is 0.0677. The van der Waals surface area contributed by atoms with E-state index in [-0.39, 0.29) is 17.9 Å². The molecule has 1 aliphatic rings. The number of anilines is 1. The second-order valence-corrected chi connectivity index (χ2v) is 6.04. The van der Waals surface area contributed by atoms with Crippen molar-refractivity contribution in [1.82, 2.24) is 4.57 Å². The van der Waals surface area contributed by atoms with E-state index in [1.54, 1.807) is 0 Å². The Bertz CT molecular complexity index is 647. The minimum absolute atomic E-state index is 0.0677. The average molecular weight is 285 g/mol. The van der Waals surface area contributed by atoms with Gasteiger partial charge in [-0.15, -0.1) is 0 Å². The number of benzene rings is 1. The number of hydrogen-bond donors (Lipinski definition) is 2. The van der Waals surface area contributed by atoms with Crippen LogP contribution in [-0.2, 0) is 11.3 Å². The van der Waals surface area contributed by atoms with Gasteiger partial charge in [0.15, 0.2) is 0 Å². The monoisotopic (exact) mass is 285 g/mol. The smallest absolute Gasteiger partial charge is 0.227 e. The van der Waals surface area contributed by atoms with E-state index in [0.29, 0.717) is 0 Å². The molecule has 3 N–H and O–H groups in total. The van der Waals surface area contributed by atoms with Crippen LogP contribution in [0.15, 0.2) is 30.5 Å². The van der Waals surface area contributed by atoms with E-state index in [4.69, 9.17) is 5.73 Å². The number of nitrogens with one attached hydrogen (secondary N) is 1. The predicted octanol–water partition coefficient (Wildman–Crippen LogP) is 3.12. The maximum absolute atomic E-state index is 12.3. The first kappa shape index (κ1) is 14.1. The number of fused-ring (bicyclic) bond motifs is 1. The maximum atomic E-state index is 12.3. The fraction of sp³-hybridized carbons (Fsp3) is 0.471. The molecule has 1 amide bonds. The molecule has 0 saturated heterocycles. The van der Waals surface area contributed by atoms with Crippen LogP contribution in [0, 0.1) is 5.92 Å². The number of nitrogens with two attached hydrogens (primary N) is 1. The molecule has 0 spiro atoms. The zero-order chi connectivity index (χ0) is 14.8. The van der Waals surface area contributed by atoms with Crippen LogP contribution in [0.3, 0.4) is 0 Å². The average Bonchev–Trinajstić information content (AvgIpc) is 3.06. The molecule has 2 atom stereocenters. The van der Waals surface area contributed by atoms with Crippen LogP contribution in [0.2, 0.25) is 0 Å². The molecule has 3 rings (SSSR count). The third-order valence-corrected chi connectivity index (χ3v) is 4.35. The summed E-state index contributed by atoms with van der Waals surface area (Å²) in [5.74, 6) is 0.175. The molecule has 0 bridgehead atoms. The summed E-state index contributed by atoms with van der Waals surface area (Å²) >= 11 is 0. The van der Waals surface area contributed by atoms with Gasteiger partial charge in [0.25, 0.3) is 0 Å². The number of nitrogens with zero attached hydrogens (tertiary/aromatic N) is 1. The van der Waals surface area contributed by atoms with Crippen LogP contribution >= 0.6 is 0 Å². The molecule has 1 aromatic carbocycles. The van der Waals surface area contributed by atoms with Crippen LogP contribution in [0.25, 0.3) is 10.9 Å². The van der Waals surface area contributed by atoms with Gasteiger partial charge in [-0.3, -0.25) is 4.79 Å². The fourth-order valence-corrected chi connectivity index (χ4v) is 3.20. The standard InChI is InChI=1S/C17H23N3O/c1-2-8-20-9-7-12-4-6-15(11-16(12)20)19-17(21)13-3-5-14(18)10-13/h4,6-7,9,11,13-14H,2-3,5,8,10,18H2,1H3,(H,19,21). The summed E-state index contributed by atoms with van der Waals surface area (Å²) in [4.78, 5) is 12.3. The summed E-state index contributed by atoms with van der Waals surface area (Å²) in [5, 5.41) is 4.26. The number of aromatic nitrogens is 1. The Morgan fingerprint density at radius 2 is 2.24 bits per heavy atom. The number of carbonyl (C=O) groups is 1. The molecule has 1 fully saturated rings. The Hall–Kier alpha value is -1.81. The largest absolute Gasteiger partial charge is 0.347 e. The predicted molar refractivity (Wildman–Crippen MR) is 86.2 cm³/mol. The molecular weight excluding hydrogens is 262 g/mol. The summed E-state index contributed by atoms with van der Waals surface area (Å²) in [6.45, 7) is 3.17. The van der Waals surface area contributed by atoms with Crippen LogP contribution in [0.1, 0.15) is 32.6 Å². The number of carbonyl (C=O) groups excluding carboxylic acids is 1. The molecule has 21 heavy (non-hydrogen) atoms. The molecule has 1 heterocycles. The van der Waals surface area contributed by atoms with E-state index < -0.39 is 0 Å². The Balaban J connectivity index is 1.77. The first-order chi connectivity index (χ1) is 10.2. The number of rotatable bonds is 4. The molecule has 112 valence electrons. The zero-order valence-corrected chi connectivity index (χ0v) is 12.5. The highest BCUT2D eigenvalue weighted by molar-refractivity contribution is 5.95. The molecule has 2 aromatic rings. The fourth-order valence-electron chi connectivity index (χ4n) is 3.20.